The van der Waals surface area contributed by atoms with Crippen molar-refractivity contribution in [3.8, 4) is 0 Å². The van der Waals surface area contributed by atoms with Crippen LogP contribution in [0.4, 0.5) is 0 Å². The van der Waals surface area contributed by atoms with Gasteiger partial charge in [-0.05, 0) is 13.3 Å². The van der Waals surface area contributed by atoms with Gasteiger partial charge in [0.2, 0.25) is 5.91 Å². The maximum atomic E-state index is 11.0. The third kappa shape index (κ3) is 3.20. The van der Waals surface area contributed by atoms with Crippen LogP contribution in [0, 0.1) is 0 Å². The largest absolute Gasteiger partial charge is 0.355 e. The molecule has 1 unspecified atom stereocenters. The molecule has 0 aromatic carbocycles. The fourth-order valence-corrected chi connectivity index (χ4v) is 2.70. The van der Waals surface area contributed by atoms with Crippen LogP contribution in [-0.2, 0) is 24.8 Å². The number of hydrogen-bond acceptors (Lipinski definition) is 3. The van der Waals surface area contributed by atoms with Crippen molar-refractivity contribution < 1.29 is 4.79 Å². The zero-order valence-corrected chi connectivity index (χ0v) is 13.7. The minimum absolute atomic E-state index is 0.0384. The summed E-state index contributed by atoms with van der Waals surface area (Å²) < 4.78 is 3.90. The van der Waals surface area contributed by atoms with Crippen molar-refractivity contribution in [3.05, 3.63) is 11.5 Å². The molecule has 2 aromatic rings. The van der Waals surface area contributed by atoms with Crippen LogP contribution in [-0.4, -0.2) is 31.8 Å². The second-order valence-electron chi connectivity index (χ2n) is 5.21. The number of carbonyl (C=O) groups excluding carboxylic acids is 1. The molecule has 2 rings (SSSR count). The van der Waals surface area contributed by atoms with E-state index in [0.29, 0.717) is 13.1 Å². The number of amides is 1. The van der Waals surface area contributed by atoms with Gasteiger partial charge in [-0.1, -0.05) is 13.3 Å². The Labute approximate surface area is 129 Å². The summed E-state index contributed by atoms with van der Waals surface area (Å²) in [6.07, 6.45) is 1.92. The molecular formula is C14H22ClN5O. The third-order valence-corrected chi connectivity index (χ3v) is 3.57. The molecule has 0 saturated heterocycles. The van der Waals surface area contributed by atoms with Crippen molar-refractivity contribution in [2.75, 3.05) is 6.54 Å². The van der Waals surface area contributed by atoms with Crippen molar-refractivity contribution >= 4 is 28.7 Å². The predicted octanol–water partition coefficient (Wildman–Crippen LogP) is 2.16. The molecule has 21 heavy (non-hydrogen) atoms. The summed E-state index contributed by atoms with van der Waals surface area (Å²) in [6.45, 7) is 6.72. The number of nitrogens with zero attached hydrogens (tertiary/aromatic N) is 4. The first kappa shape index (κ1) is 15.8. The van der Waals surface area contributed by atoms with Crippen LogP contribution >= 0.6 is 11.6 Å². The third-order valence-electron chi connectivity index (χ3n) is 3.37. The molecule has 0 aliphatic carbocycles. The summed E-state index contributed by atoms with van der Waals surface area (Å²) in [5.74, 6) is 0.783. The van der Waals surface area contributed by atoms with Gasteiger partial charge in [0, 0.05) is 27.1 Å². The van der Waals surface area contributed by atoms with Crippen LogP contribution in [0.15, 0.2) is 0 Å². The summed E-state index contributed by atoms with van der Waals surface area (Å²) in [7, 11) is 1.92. The fourth-order valence-electron chi connectivity index (χ4n) is 2.53. The Morgan fingerprint density at radius 3 is 2.76 bits per heavy atom. The number of carbonyl (C=O) groups is 1. The van der Waals surface area contributed by atoms with E-state index in [1.54, 1.807) is 0 Å². The van der Waals surface area contributed by atoms with Gasteiger partial charge in [-0.2, -0.15) is 5.10 Å². The molecule has 2 aromatic heterocycles. The predicted molar refractivity (Wildman–Crippen MR) is 83.4 cm³/mol. The van der Waals surface area contributed by atoms with Crippen molar-refractivity contribution in [2.45, 2.75) is 45.5 Å². The van der Waals surface area contributed by atoms with Gasteiger partial charge in [-0.3, -0.25) is 9.48 Å². The zero-order valence-electron chi connectivity index (χ0n) is 13.0. The van der Waals surface area contributed by atoms with Crippen LogP contribution < -0.4 is 5.32 Å². The lowest BCUT2D eigenvalue weighted by Crippen LogP contribution is -2.25. The van der Waals surface area contributed by atoms with E-state index in [0.717, 1.165) is 35.5 Å². The molecule has 2 heterocycles. The summed E-state index contributed by atoms with van der Waals surface area (Å²) in [6, 6.07) is 0. The van der Waals surface area contributed by atoms with Gasteiger partial charge in [0.05, 0.1) is 11.1 Å². The van der Waals surface area contributed by atoms with Crippen LogP contribution in [0.1, 0.15) is 44.1 Å². The fraction of sp³-hybridized carbons (Fsp3) is 0.643. The molecule has 0 radical (unpaired) electrons. The molecule has 116 valence electrons. The van der Waals surface area contributed by atoms with Gasteiger partial charge in [0.25, 0.3) is 0 Å². The molecule has 1 N–H and O–H groups in total. The molecule has 1 amide bonds. The first-order chi connectivity index (χ1) is 9.95. The van der Waals surface area contributed by atoms with E-state index in [1.165, 1.54) is 6.92 Å². The molecule has 0 bridgehead atoms. The summed E-state index contributed by atoms with van der Waals surface area (Å²) in [5.41, 5.74) is 2.89. The Morgan fingerprint density at radius 1 is 1.48 bits per heavy atom. The Hall–Kier alpha value is -1.56. The number of nitrogens with one attached hydrogen (secondary N) is 1. The lowest BCUT2D eigenvalue weighted by Gasteiger charge is -2.11. The van der Waals surface area contributed by atoms with Gasteiger partial charge in [-0.15, -0.1) is 11.6 Å². The number of aromatic nitrogens is 4. The molecular weight excluding hydrogens is 290 g/mol. The van der Waals surface area contributed by atoms with E-state index < -0.39 is 0 Å². The minimum Gasteiger partial charge on any atom is -0.355 e. The molecule has 0 fully saturated rings. The molecule has 1 atom stereocenters. The number of alkyl halides is 1. The number of imidazole rings is 1. The van der Waals surface area contributed by atoms with Gasteiger partial charge in [-0.25, -0.2) is 4.98 Å². The van der Waals surface area contributed by atoms with Crippen molar-refractivity contribution in [2.24, 2.45) is 7.05 Å². The standard InChI is InChI=1S/C14H22ClN5O/c1-5-6-11-12-14(19(4)18-11)20(8-7-16-10(3)21)13(17-12)9(2)15/h9H,5-8H2,1-4H3,(H,16,21). The Morgan fingerprint density at radius 2 is 2.19 bits per heavy atom. The first-order valence-electron chi connectivity index (χ1n) is 7.26. The van der Waals surface area contributed by atoms with Gasteiger partial charge in [0.1, 0.15) is 11.3 Å². The summed E-state index contributed by atoms with van der Waals surface area (Å²) in [5, 5.41) is 7.16. The van der Waals surface area contributed by atoms with E-state index >= 15 is 0 Å². The van der Waals surface area contributed by atoms with Crippen LogP contribution in [0.5, 0.6) is 0 Å². The number of aryl methyl sites for hydroxylation is 2. The number of rotatable bonds is 6. The summed E-state index contributed by atoms with van der Waals surface area (Å²) >= 11 is 6.26. The average Bonchev–Trinajstić information content (AvgIpc) is 2.90. The van der Waals surface area contributed by atoms with Crippen LogP contribution in [0.25, 0.3) is 11.2 Å². The molecule has 0 saturated carbocycles. The van der Waals surface area contributed by atoms with Crippen molar-refractivity contribution in [1.82, 2.24) is 24.6 Å². The Bertz CT molecular complexity index is 643. The number of halogens is 1. The molecule has 0 aliphatic rings. The number of hydrogen-bond donors (Lipinski definition) is 1. The normalized spacial score (nSPS) is 12.8. The van der Waals surface area contributed by atoms with Crippen molar-refractivity contribution in [3.63, 3.8) is 0 Å². The Kier molecular flexibility index (Phi) is 4.88. The maximum Gasteiger partial charge on any atom is 0.216 e. The van der Waals surface area contributed by atoms with Crippen LogP contribution in [0.3, 0.4) is 0 Å². The molecule has 0 aliphatic heterocycles. The van der Waals surface area contributed by atoms with Crippen molar-refractivity contribution in [1.29, 1.82) is 0 Å². The van der Waals surface area contributed by atoms with E-state index in [4.69, 9.17) is 11.6 Å². The van der Waals surface area contributed by atoms with Crippen LogP contribution in [0.2, 0.25) is 0 Å². The second-order valence-corrected chi connectivity index (χ2v) is 5.87. The van der Waals surface area contributed by atoms with Gasteiger partial charge in [0.15, 0.2) is 5.65 Å². The monoisotopic (exact) mass is 311 g/mol. The smallest absolute Gasteiger partial charge is 0.216 e. The van der Waals surface area contributed by atoms with E-state index in [9.17, 15) is 4.79 Å². The highest BCUT2D eigenvalue weighted by Crippen LogP contribution is 2.26. The lowest BCUT2D eigenvalue weighted by molar-refractivity contribution is -0.118. The highest BCUT2D eigenvalue weighted by Gasteiger charge is 2.21. The summed E-state index contributed by atoms with van der Waals surface area (Å²) in [4.78, 5) is 15.7. The molecule has 6 nitrogen and oxygen atoms in total. The average molecular weight is 312 g/mol. The van der Waals surface area contributed by atoms with E-state index in [2.05, 4.69) is 26.9 Å². The topological polar surface area (TPSA) is 64.7 Å². The van der Waals surface area contributed by atoms with E-state index in [-0.39, 0.29) is 11.3 Å². The SMILES string of the molecule is CCCc1nn(C)c2c1nc(C(C)Cl)n2CCNC(C)=O. The highest BCUT2D eigenvalue weighted by molar-refractivity contribution is 6.20. The first-order valence-corrected chi connectivity index (χ1v) is 7.69. The molecule has 7 heteroatoms. The van der Waals surface area contributed by atoms with Gasteiger partial charge >= 0.3 is 0 Å². The Balaban J connectivity index is 2.44. The minimum atomic E-state index is -0.191. The van der Waals surface area contributed by atoms with Gasteiger partial charge < -0.3 is 9.88 Å². The maximum absolute atomic E-state index is 11.0. The second kappa shape index (κ2) is 6.47. The number of fused-ring (bicyclic) bond motifs is 1. The quantitative estimate of drug-likeness (QED) is 0.831. The lowest BCUT2D eigenvalue weighted by atomic mass is 10.2. The highest BCUT2D eigenvalue weighted by atomic mass is 35.5. The molecule has 0 spiro atoms. The zero-order chi connectivity index (χ0) is 15.6. The van der Waals surface area contributed by atoms with E-state index in [1.807, 2.05) is 18.7 Å².